The van der Waals surface area contributed by atoms with Crippen LogP contribution in [0.2, 0.25) is 0 Å². The second kappa shape index (κ2) is 12.7. The summed E-state index contributed by atoms with van der Waals surface area (Å²) >= 11 is 0. The molecule has 32 heavy (non-hydrogen) atoms. The van der Waals surface area contributed by atoms with E-state index in [1.54, 1.807) is 50.5 Å². The van der Waals surface area contributed by atoms with Crippen molar-refractivity contribution in [2.75, 3.05) is 27.3 Å². The lowest BCUT2D eigenvalue weighted by Gasteiger charge is -2.17. The lowest BCUT2D eigenvalue weighted by molar-refractivity contribution is 0.0827. The van der Waals surface area contributed by atoms with Gasteiger partial charge in [0.25, 0.3) is 5.91 Å². The molecule has 2 rings (SSSR count). The van der Waals surface area contributed by atoms with Crippen molar-refractivity contribution in [3.8, 4) is 11.5 Å². The lowest BCUT2D eigenvalue weighted by Crippen LogP contribution is -2.21. The molecule has 0 spiro atoms. The zero-order chi connectivity index (χ0) is 23.5. The fourth-order valence-corrected chi connectivity index (χ4v) is 3.25. The van der Waals surface area contributed by atoms with Crippen molar-refractivity contribution >= 4 is 17.8 Å². The molecule has 0 aliphatic heterocycles. The first kappa shape index (κ1) is 25.2. The van der Waals surface area contributed by atoms with Crippen LogP contribution in [0, 0.1) is 0 Å². The average Bonchev–Trinajstić information content (AvgIpc) is 2.80. The van der Waals surface area contributed by atoms with E-state index in [1.807, 2.05) is 6.07 Å². The Morgan fingerprint density at radius 2 is 1.47 bits per heavy atom. The number of amides is 1. The molecule has 0 aromatic heterocycles. The predicted octanol–water partition coefficient (Wildman–Crippen LogP) is 5.81. The third-order valence-electron chi connectivity index (χ3n) is 4.89. The normalized spacial score (nSPS) is 10.9. The van der Waals surface area contributed by atoms with Gasteiger partial charge < -0.3 is 14.4 Å². The molecule has 5 nitrogen and oxygen atoms in total. The minimum Gasteiger partial charge on any atom is -0.493 e. The third kappa shape index (κ3) is 6.71. The smallest absolute Gasteiger partial charge is 0.253 e. The molecule has 0 radical (unpaired) electrons. The van der Waals surface area contributed by atoms with Crippen LogP contribution in [0.5, 0.6) is 11.5 Å². The number of rotatable bonds is 12. The highest BCUT2D eigenvalue weighted by Gasteiger charge is 2.15. The molecule has 0 fully saturated rings. The molecule has 0 aliphatic carbocycles. The Morgan fingerprint density at radius 3 is 2.06 bits per heavy atom. The van der Waals surface area contributed by atoms with Gasteiger partial charge in [-0.25, -0.2) is 0 Å². The zero-order valence-corrected chi connectivity index (χ0v) is 19.9. The number of aryl methyl sites for hydroxylation is 1. The molecule has 0 atom stereocenters. The Balaban J connectivity index is 2.37. The molecule has 0 saturated heterocycles. The summed E-state index contributed by atoms with van der Waals surface area (Å²) in [4.78, 5) is 26.4. The van der Waals surface area contributed by atoms with E-state index < -0.39 is 0 Å². The fourth-order valence-electron chi connectivity index (χ4n) is 3.25. The average molecular weight is 438 g/mol. The van der Waals surface area contributed by atoms with Crippen molar-refractivity contribution in [3.63, 3.8) is 0 Å². The maximum absolute atomic E-state index is 12.8. The molecule has 2 aromatic carbocycles. The Bertz CT molecular complexity index is 929. The monoisotopic (exact) mass is 437 g/mol. The van der Waals surface area contributed by atoms with Gasteiger partial charge in [0, 0.05) is 25.2 Å². The second-order valence-electron chi connectivity index (χ2n) is 7.89. The molecule has 0 heterocycles. The number of ether oxygens (including phenoxy) is 2. The van der Waals surface area contributed by atoms with Gasteiger partial charge in [-0.15, -0.1) is 0 Å². The highest BCUT2D eigenvalue weighted by Crippen LogP contribution is 2.35. The number of carbonyl (C=O) groups is 2. The SMILES string of the molecule is CCCOc1ccc(CCC)c(OCCC)c1/C=C/C(=O)c1ccc(C(=O)N(C)C)cc1. The van der Waals surface area contributed by atoms with E-state index >= 15 is 0 Å². The molecule has 172 valence electrons. The van der Waals surface area contributed by atoms with Crippen LogP contribution < -0.4 is 9.47 Å². The minimum atomic E-state index is -0.141. The van der Waals surface area contributed by atoms with E-state index in [0.29, 0.717) is 30.1 Å². The summed E-state index contributed by atoms with van der Waals surface area (Å²) in [5.74, 6) is 1.27. The molecule has 0 aliphatic rings. The van der Waals surface area contributed by atoms with Crippen molar-refractivity contribution in [3.05, 3.63) is 64.7 Å². The number of hydrogen-bond donors (Lipinski definition) is 0. The molecule has 1 amide bonds. The fraction of sp³-hybridized carbons (Fsp3) is 0.407. The summed E-state index contributed by atoms with van der Waals surface area (Å²) in [6, 6.07) is 10.7. The van der Waals surface area contributed by atoms with Gasteiger partial charge in [-0.1, -0.05) is 45.4 Å². The molecular formula is C27H35NO4. The van der Waals surface area contributed by atoms with Crippen LogP contribution in [0.1, 0.15) is 71.9 Å². The summed E-state index contributed by atoms with van der Waals surface area (Å²) < 4.78 is 12.1. The first-order chi connectivity index (χ1) is 15.4. The van der Waals surface area contributed by atoms with Gasteiger partial charge in [0.05, 0.1) is 18.8 Å². The standard InChI is InChI=1S/C27H35NO4/c1-6-9-21-14-17-25(31-18-7-2)23(26(21)32-19-8-3)15-16-24(29)20-10-12-22(13-11-20)27(30)28(4)5/h10-17H,6-9,18-19H2,1-5H3/b16-15+. The van der Waals surface area contributed by atoms with E-state index in [2.05, 4.69) is 26.8 Å². The molecular weight excluding hydrogens is 402 g/mol. The largest absolute Gasteiger partial charge is 0.493 e. The van der Waals surface area contributed by atoms with Gasteiger partial charge in [-0.3, -0.25) is 9.59 Å². The molecule has 5 heteroatoms. The quantitative estimate of drug-likeness (QED) is 0.310. The number of ketones is 1. The highest BCUT2D eigenvalue weighted by molar-refractivity contribution is 6.07. The number of nitrogens with zero attached hydrogens (tertiary/aromatic N) is 1. The molecule has 0 unspecified atom stereocenters. The summed E-state index contributed by atoms with van der Waals surface area (Å²) in [5, 5.41) is 0. The van der Waals surface area contributed by atoms with Crippen LogP contribution in [0.4, 0.5) is 0 Å². The maximum Gasteiger partial charge on any atom is 0.253 e. The first-order valence-electron chi connectivity index (χ1n) is 11.4. The van der Waals surface area contributed by atoms with Gasteiger partial charge in [0.1, 0.15) is 11.5 Å². The summed E-state index contributed by atoms with van der Waals surface area (Å²) in [7, 11) is 3.40. The predicted molar refractivity (Wildman–Crippen MR) is 130 cm³/mol. The van der Waals surface area contributed by atoms with Gasteiger partial charge in [0.2, 0.25) is 0 Å². The van der Waals surface area contributed by atoms with Crippen LogP contribution in [0.3, 0.4) is 0 Å². The first-order valence-corrected chi connectivity index (χ1v) is 11.4. The molecule has 2 aromatic rings. The number of benzene rings is 2. The van der Waals surface area contributed by atoms with E-state index in [-0.39, 0.29) is 11.7 Å². The van der Waals surface area contributed by atoms with Crippen molar-refractivity contribution in [2.45, 2.75) is 46.5 Å². The minimum absolute atomic E-state index is 0.0947. The van der Waals surface area contributed by atoms with Crippen molar-refractivity contribution < 1.29 is 19.1 Å². The second-order valence-corrected chi connectivity index (χ2v) is 7.89. The van der Waals surface area contributed by atoms with E-state index in [4.69, 9.17) is 9.47 Å². The van der Waals surface area contributed by atoms with Gasteiger partial charge in [-0.05, 0) is 55.2 Å². The third-order valence-corrected chi connectivity index (χ3v) is 4.89. The van der Waals surface area contributed by atoms with E-state index in [1.165, 1.54) is 4.90 Å². The highest BCUT2D eigenvalue weighted by atomic mass is 16.5. The van der Waals surface area contributed by atoms with E-state index in [9.17, 15) is 9.59 Å². The van der Waals surface area contributed by atoms with Gasteiger partial charge in [0.15, 0.2) is 5.78 Å². The van der Waals surface area contributed by atoms with Crippen molar-refractivity contribution in [2.24, 2.45) is 0 Å². The van der Waals surface area contributed by atoms with Crippen LogP contribution >= 0.6 is 0 Å². The Labute approximate surface area is 192 Å². The summed E-state index contributed by atoms with van der Waals surface area (Å²) in [6.45, 7) is 7.46. The van der Waals surface area contributed by atoms with Crippen molar-refractivity contribution in [1.29, 1.82) is 0 Å². The molecule has 0 saturated carbocycles. The number of carbonyl (C=O) groups excluding carboxylic acids is 2. The molecule has 0 bridgehead atoms. The summed E-state index contributed by atoms with van der Waals surface area (Å²) in [6.07, 6.45) is 7.01. The number of allylic oxidation sites excluding steroid dienone is 1. The van der Waals surface area contributed by atoms with Crippen LogP contribution in [0.25, 0.3) is 6.08 Å². The maximum atomic E-state index is 12.8. The molecule has 0 N–H and O–H groups in total. The number of hydrogen-bond acceptors (Lipinski definition) is 4. The topological polar surface area (TPSA) is 55.8 Å². The Morgan fingerprint density at radius 1 is 0.844 bits per heavy atom. The lowest BCUT2D eigenvalue weighted by atomic mass is 10.0. The van der Waals surface area contributed by atoms with Gasteiger partial charge >= 0.3 is 0 Å². The summed E-state index contributed by atoms with van der Waals surface area (Å²) in [5.41, 5.74) is 2.98. The Hall–Kier alpha value is -3.08. The van der Waals surface area contributed by atoms with Crippen molar-refractivity contribution in [1.82, 2.24) is 4.90 Å². The Kier molecular flexibility index (Phi) is 9.99. The van der Waals surface area contributed by atoms with E-state index in [0.717, 1.165) is 42.6 Å². The van der Waals surface area contributed by atoms with Crippen LogP contribution in [0.15, 0.2) is 42.5 Å². The zero-order valence-electron chi connectivity index (χ0n) is 19.9. The van der Waals surface area contributed by atoms with Gasteiger partial charge in [-0.2, -0.15) is 0 Å². The van der Waals surface area contributed by atoms with Crippen LogP contribution in [-0.2, 0) is 6.42 Å². The van der Waals surface area contributed by atoms with Crippen LogP contribution in [-0.4, -0.2) is 43.9 Å².